The monoisotopic (exact) mass is 662 g/mol. The molecule has 0 rings (SSSR count). The molecule has 0 saturated carbocycles. The number of hydrogen-bond donors (Lipinski definition) is 4. The lowest BCUT2D eigenvalue weighted by atomic mass is 10.0. The smallest absolute Gasteiger partial charge is 0.220 e. The van der Waals surface area contributed by atoms with E-state index in [-0.39, 0.29) is 12.5 Å². The second-order valence-corrected chi connectivity index (χ2v) is 13.8. The lowest BCUT2D eigenvalue weighted by Crippen LogP contribution is -2.50. The Bertz CT molecular complexity index is 734. The largest absolute Gasteiger partial charge is 0.394 e. The predicted octanol–water partition coefficient (Wildman–Crippen LogP) is 11.2. The molecule has 0 spiro atoms. The van der Waals surface area contributed by atoms with Crippen LogP contribution in [0.3, 0.4) is 0 Å². The van der Waals surface area contributed by atoms with Crippen LogP contribution >= 0.6 is 0 Å². The Morgan fingerprint density at radius 1 is 0.511 bits per heavy atom. The zero-order valence-electron chi connectivity index (χ0n) is 31.2. The van der Waals surface area contributed by atoms with E-state index in [2.05, 4.69) is 55.6 Å². The summed E-state index contributed by atoms with van der Waals surface area (Å²) in [7, 11) is 0. The number of amides is 1. The Balaban J connectivity index is 3.66. The van der Waals surface area contributed by atoms with Gasteiger partial charge in [-0.3, -0.25) is 4.79 Å². The van der Waals surface area contributed by atoms with Crippen molar-refractivity contribution < 1.29 is 20.1 Å². The van der Waals surface area contributed by atoms with Gasteiger partial charge < -0.3 is 20.6 Å². The van der Waals surface area contributed by atoms with Gasteiger partial charge in [-0.2, -0.15) is 0 Å². The van der Waals surface area contributed by atoms with Crippen molar-refractivity contribution in [1.29, 1.82) is 0 Å². The number of aliphatic hydroxyl groups is 3. The average molecular weight is 662 g/mol. The molecule has 0 aromatic rings. The molecule has 1 amide bonds. The van der Waals surface area contributed by atoms with Gasteiger partial charge in [0.25, 0.3) is 0 Å². The highest BCUT2D eigenvalue weighted by atomic mass is 16.3. The molecule has 0 saturated heterocycles. The molecule has 0 aliphatic heterocycles. The minimum atomic E-state index is -1.17. The van der Waals surface area contributed by atoms with Crippen LogP contribution in [0, 0.1) is 0 Å². The molecule has 0 aliphatic rings. The average Bonchev–Trinajstić information content (AvgIpc) is 3.07. The fourth-order valence-corrected chi connectivity index (χ4v) is 5.98. The zero-order valence-corrected chi connectivity index (χ0v) is 31.2. The van der Waals surface area contributed by atoms with Crippen molar-refractivity contribution in [3.8, 4) is 0 Å². The number of nitrogens with one attached hydrogen (secondary N) is 1. The third-order valence-electron chi connectivity index (χ3n) is 9.19. The van der Waals surface area contributed by atoms with E-state index in [1.165, 1.54) is 122 Å². The van der Waals surface area contributed by atoms with E-state index >= 15 is 0 Å². The van der Waals surface area contributed by atoms with E-state index in [9.17, 15) is 20.1 Å². The van der Waals surface area contributed by atoms with Crippen LogP contribution in [-0.4, -0.2) is 46.1 Å². The van der Waals surface area contributed by atoms with Crippen LogP contribution in [0.4, 0.5) is 0 Å². The fourth-order valence-electron chi connectivity index (χ4n) is 5.98. The van der Waals surface area contributed by atoms with Gasteiger partial charge in [0.1, 0.15) is 6.10 Å². The molecule has 0 aliphatic carbocycles. The molecule has 0 heterocycles. The Hall–Kier alpha value is -1.43. The summed E-state index contributed by atoms with van der Waals surface area (Å²) >= 11 is 0. The highest BCUT2D eigenvalue weighted by Gasteiger charge is 2.26. The molecular formula is C42H79NO4. The molecule has 3 unspecified atom stereocenters. The SMILES string of the molecule is CCCC/C=C/CC/C=C/CCCC(O)C(O)C(CO)NC(=O)CCCCCCCCC/C=C\CCCCCCCCCCCCC. The molecular weight excluding hydrogens is 582 g/mol. The van der Waals surface area contributed by atoms with E-state index < -0.39 is 18.2 Å². The molecule has 0 aromatic carbocycles. The highest BCUT2D eigenvalue weighted by Crippen LogP contribution is 2.14. The van der Waals surface area contributed by atoms with Crippen molar-refractivity contribution >= 4 is 5.91 Å². The van der Waals surface area contributed by atoms with Gasteiger partial charge in [-0.1, -0.05) is 159 Å². The van der Waals surface area contributed by atoms with Crippen LogP contribution in [0.5, 0.6) is 0 Å². The summed E-state index contributed by atoms with van der Waals surface area (Å²) in [6.07, 6.45) is 45.4. The molecule has 4 N–H and O–H groups in total. The van der Waals surface area contributed by atoms with Crippen LogP contribution in [0.25, 0.3) is 0 Å². The Morgan fingerprint density at radius 3 is 1.36 bits per heavy atom. The number of allylic oxidation sites excluding steroid dienone is 6. The van der Waals surface area contributed by atoms with Gasteiger partial charge in [-0.05, 0) is 70.6 Å². The summed E-state index contributed by atoms with van der Waals surface area (Å²) in [4.78, 5) is 12.4. The third kappa shape index (κ3) is 32.9. The molecule has 5 heteroatoms. The van der Waals surface area contributed by atoms with Crippen LogP contribution in [0.2, 0.25) is 0 Å². The minimum absolute atomic E-state index is 0.165. The summed E-state index contributed by atoms with van der Waals surface area (Å²) in [5.74, 6) is -0.165. The molecule has 3 atom stereocenters. The Kier molecular flexibility index (Phi) is 36.3. The molecule has 5 nitrogen and oxygen atoms in total. The first-order chi connectivity index (χ1) is 23.1. The topological polar surface area (TPSA) is 89.8 Å². The number of hydrogen-bond acceptors (Lipinski definition) is 4. The second kappa shape index (κ2) is 37.4. The molecule has 0 bridgehead atoms. The van der Waals surface area contributed by atoms with Crippen molar-refractivity contribution in [2.45, 2.75) is 218 Å². The normalized spacial score (nSPS) is 14.1. The highest BCUT2D eigenvalue weighted by molar-refractivity contribution is 5.76. The maximum atomic E-state index is 12.4. The summed E-state index contributed by atoms with van der Waals surface area (Å²) in [6.45, 7) is 4.10. The lowest BCUT2D eigenvalue weighted by Gasteiger charge is -2.26. The summed E-state index contributed by atoms with van der Waals surface area (Å²) in [6, 6.07) is -0.832. The zero-order chi connectivity index (χ0) is 34.5. The van der Waals surface area contributed by atoms with Crippen LogP contribution in [0.1, 0.15) is 200 Å². The minimum Gasteiger partial charge on any atom is -0.394 e. The van der Waals surface area contributed by atoms with Crippen LogP contribution < -0.4 is 5.32 Å². The predicted molar refractivity (Wildman–Crippen MR) is 204 cm³/mol. The quantitative estimate of drug-likeness (QED) is 0.0397. The summed E-state index contributed by atoms with van der Waals surface area (Å²) in [5.41, 5.74) is 0. The van der Waals surface area contributed by atoms with Gasteiger partial charge in [0, 0.05) is 6.42 Å². The van der Waals surface area contributed by atoms with Gasteiger partial charge in [0.05, 0.1) is 18.8 Å². The number of unbranched alkanes of at least 4 members (excludes halogenated alkanes) is 22. The summed E-state index contributed by atoms with van der Waals surface area (Å²) < 4.78 is 0. The van der Waals surface area contributed by atoms with E-state index in [0.29, 0.717) is 12.8 Å². The second-order valence-electron chi connectivity index (χ2n) is 13.8. The maximum absolute atomic E-state index is 12.4. The third-order valence-corrected chi connectivity index (χ3v) is 9.19. The van der Waals surface area contributed by atoms with Gasteiger partial charge in [0.2, 0.25) is 5.91 Å². The molecule has 47 heavy (non-hydrogen) atoms. The van der Waals surface area contributed by atoms with E-state index in [4.69, 9.17) is 0 Å². The van der Waals surface area contributed by atoms with E-state index in [1.807, 2.05) is 0 Å². The van der Waals surface area contributed by atoms with Crippen molar-refractivity contribution in [3.05, 3.63) is 36.5 Å². The van der Waals surface area contributed by atoms with E-state index in [1.54, 1.807) is 0 Å². The lowest BCUT2D eigenvalue weighted by molar-refractivity contribution is -0.124. The summed E-state index contributed by atoms with van der Waals surface area (Å²) in [5, 5.41) is 33.3. The van der Waals surface area contributed by atoms with Crippen molar-refractivity contribution in [2.75, 3.05) is 6.61 Å². The standard InChI is InChI=1S/C42H79NO4/c1-3-5-7-9-11-13-15-16-17-18-19-20-21-22-23-24-25-27-29-31-33-35-37-41(46)43-39(38-44)42(47)40(45)36-34-32-30-28-26-14-12-10-8-6-4-2/h10,12,21-22,28,30,39-40,42,44-45,47H,3-9,11,13-20,23-27,29,31-38H2,1-2H3,(H,43,46)/b12-10+,22-21-,30-28+. The molecule has 276 valence electrons. The molecule has 0 aromatic heterocycles. The van der Waals surface area contributed by atoms with Gasteiger partial charge in [-0.15, -0.1) is 0 Å². The number of aliphatic hydroxyl groups excluding tert-OH is 3. The van der Waals surface area contributed by atoms with Crippen LogP contribution in [0.15, 0.2) is 36.5 Å². The maximum Gasteiger partial charge on any atom is 0.220 e. The molecule has 0 fully saturated rings. The Morgan fingerprint density at radius 2 is 0.894 bits per heavy atom. The fraction of sp³-hybridized carbons (Fsp3) is 0.833. The number of carbonyl (C=O) groups is 1. The van der Waals surface area contributed by atoms with Gasteiger partial charge >= 0.3 is 0 Å². The van der Waals surface area contributed by atoms with Crippen LogP contribution in [-0.2, 0) is 4.79 Å². The van der Waals surface area contributed by atoms with Crippen molar-refractivity contribution in [3.63, 3.8) is 0 Å². The first kappa shape index (κ1) is 45.6. The van der Waals surface area contributed by atoms with Gasteiger partial charge in [-0.25, -0.2) is 0 Å². The van der Waals surface area contributed by atoms with Gasteiger partial charge in [0.15, 0.2) is 0 Å². The first-order valence-corrected chi connectivity index (χ1v) is 20.3. The number of carbonyl (C=O) groups excluding carboxylic acids is 1. The van der Waals surface area contributed by atoms with E-state index in [0.717, 1.165) is 51.4 Å². The number of rotatable bonds is 36. The van der Waals surface area contributed by atoms with Crippen molar-refractivity contribution in [2.24, 2.45) is 0 Å². The molecule has 0 radical (unpaired) electrons. The van der Waals surface area contributed by atoms with Crippen molar-refractivity contribution in [1.82, 2.24) is 5.32 Å². The first-order valence-electron chi connectivity index (χ1n) is 20.3. The Labute approximate surface area is 292 Å².